The van der Waals surface area contributed by atoms with Crippen molar-refractivity contribution >= 4 is 17.3 Å². The maximum absolute atomic E-state index is 14.1. The van der Waals surface area contributed by atoms with Gasteiger partial charge in [-0.15, -0.1) is 5.10 Å². The molecule has 3 heterocycles. The van der Waals surface area contributed by atoms with Crippen molar-refractivity contribution in [2.75, 3.05) is 11.4 Å². The highest BCUT2D eigenvalue weighted by atomic mass is 35.5. The van der Waals surface area contributed by atoms with Crippen LogP contribution in [0, 0.1) is 5.82 Å². The number of nitrogens with zero attached hydrogens (tertiary/aromatic N) is 5. The highest BCUT2D eigenvalue weighted by Gasteiger charge is 2.32. The fourth-order valence-electron chi connectivity index (χ4n) is 3.75. The van der Waals surface area contributed by atoms with Crippen LogP contribution >= 0.6 is 11.6 Å². The summed E-state index contributed by atoms with van der Waals surface area (Å²) in [5, 5.41) is 14.4. The largest absolute Gasteiger partial charge is 0.362 e. The molecule has 0 radical (unpaired) electrons. The van der Waals surface area contributed by atoms with Gasteiger partial charge >= 0.3 is 0 Å². The van der Waals surface area contributed by atoms with Gasteiger partial charge in [0.1, 0.15) is 16.5 Å². The first-order valence-corrected chi connectivity index (χ1v) is 9.63. The second-order valence-electron chi connectivity index (χ2n) is 7.29. The molecular formula is C19H18ClF3N6O. The third kappa shape index (κ3) is 3.55. The SMILES string of the molecule is C[C@@H](c1cc(F)ccc1C(C)(F)F)n1nnc2c1CCN(c1cn[nH]c(=O)c1Cl)C2. The maximum atomic E-state index is 14.1. The topological polar surface area (TPSA) is 79.7 Å². The van der Waals surface area contributed by atoms with Gasteiger partial charge in [-0.05, 0) is 30.7 Å². The molecule has 0 amide bonds. The van der Waals surface area contributed by atoms with E-state index in [2.05, 4.69) is 20.5 Å². The van der Waals surface area contributed by atoms with Gasteiger partial charge in [-0.2, -0.15) is 5.10 Å². The van der Waals surface area contributed by atoms with Crippen LogP contribution in [-0.4, -0.2) is 31.7 Å². The van der Waals surface area contributed by atoms with Gasteiger partial charge in [-0.1, -0.05) is 16.8 Å². The molecular weight excluding hydrogens is 421 g/mol. The molecule has 1 atom stereocenters. The summed E-state index contributed by atoms with van der Waals surface area (Å²) >= 11 is 6.09. The van der Waals surface area contributed by atoms with Crippen LogP contribution in [-0.2, 0) is 18.9 Å². The fourth-order valence-corrected chi connectivity index (χ4v) is 3.96. The van der Waals surface area contributed by atoms with Crippen molar-refractivity contribution in [2.45, 2.75) is 38.8 Å². The zero-order valence-electron chi connectivity index (χ0n) is 16.2. The summed E-state index contributed by atoms with van der Waals surface area (Å²) in [5.41, 5.74) is 1.29. The highest BCUT2D eigenvalue weighted by Crippen LogP contribution is 2.36. The summed E-state index contributed by atoms with van der Waals surface area (Å²) in [5.74, 6) is -3.72. The minimum Gasteiger partial charge on any atom is -0.362 e. The molecule has 0 aliphatic carbocycles. The van der Waals surface area contributed by atoms with E-state index in [1.807, 2.05) is 4.90 Å². The Kier molecular flexibility index (Phi) is 5.05. The first-order chi connectivity index (χ1) is 14.2. The molecule has 0 spiro atoms. The zero-order chi connectivity index (χ0) is 21.6. The number of benzene rings is 1. The number of rotatable bonds is 4. The Balaban J connectivity index is 1.68. The molecule has 1 aliphatic heterocycles. The fraction of sp³-hybridized carbons (Fsp3) is 0.368. The lowest BCUT2D eigenvalue weighted by Crippen LogP contribution is -2.33. The Morgan fingerprint density at radius 3 is 2.83 bits per heavy atom. The molecule has 0 saturated heterocycles. The van der Waals surface area contributed by atoms with Gasteiger partial charge in [0.15, 0.2) is 0 Å². The Morgan fingerprint density at radius 2 is 2.10 bits per heavy atom. The summed E-state index contributed by atoms with van der Waals surface area (Å²) in [6.45, 7) is 3.29. The number of fused-ring (bicyclic) bond motifs is 1. The summed E-state index contributed by atoms with van der Waals surface area (Å²) in [4.78, 5) is 13.6. The van der Waals surface area contributed by atoms with E-state index in [9.17, 15) is 18.0 Å². The van der Waals surface area contributed by atoms with Gasteiger partial charge in [-0.25, -0.2) is 23.0 Å². The van der Waals surface area contributed by atoms with E-state index in [1.54, 1.807) is 11.6 Å². The van der Waals surface area contributed by atoms with Gasteiger partial charge in [-0.3, -0.25) is 4.79 Å². The van der Waals surface area contributed by atoms with Crippen molar-refractivity contribution in [3.05, 3.63) is 68.1 Å². The normalized spacial score (nSPS) is 15.2. The second kappa shape index (κ2) is 7.42. The maximum Gasteiger partial charge on any atom is 0.285 e. The van der Waals surface area contributed by atoms with Crippen molar-refractivity contribution in [1.82, 2.24) is 25.2 Å². The number of hydrogen-bond donors (Lipinski definition) is 1. The molecule has 0 unspecified atom stereocenters. The summed E-state index contributed by atoms with van der Waals surface area (Å²) < 4.78 is 43.5. The van der Waals surface area contributed by atoms with Crippen LogP contribution in [0.2, 0.25) is 5.02 Å². The van der Waals surface area contributed by atoms with Crippen LogP contribution in [0.3, 0.4) is 0 Å². The second-order valence-corrected chi connectivity index (χ2v) is 7.67. The number of aromatic amines is 1. The van der Waals surface area contributed by atoms with Crippen molar-refractivity contribution < 1.29 is 13.2 Å². The predicted molar refractivity (Wildman–Crippen MR) is 104 cm³/mol. The summed E-state index contributed by atoms with van der Waals surface area (Å²) in [6.07, 6.45) is 1.95. The average Bonchev–Trinajstić information content (AvgIpc) is 3.11. The summed E-state index contributed by atoms with van der Waals surface area (Å²) in [7, 11) is 0. The van der Waals surface area contributed by atoms with Crippen molar-refractivity contribution in [3.63, 3.8) is 0 Å². The van der Waals surface area contributed by atoms with Crippen LogP contribution in [0.15, 0.2) is 29.2 Å². The molecule has 11 heteroatoms. The zero-order valence-corrected chi connectivity index (χ0v) is 16.9. The smallest absolute Gasteiger partial charge is 0.285 e. The monoisotopic (exact) mass is 438 g/mol. The molecule has 2 aromatic heterocycles. The van der Waals surface area contributed by atoms with E-state index >= 15 is 0 Å². The lowest BCUT2D eigenvalue weighted by molar-refractivity contribution is 0.0159. The van der Waals surface area contributed by atoms with Gasteiger partial charge in [0, 0.05) is 25.5 Å². The Hall–Kier alpha value is -2.88. The van der Waals surface area contributed by atoms with Gasteiger partial charge < -0.3 is 4.90 Å². The molecule has 3 aromatic rings. The Morgan fingerprint density at radius 1 is 1.33 bits per heavy atom. The molecule has 1 aliphatic rings. The number of H-pyrrole nitrogens is 1. The van der Waals surface area contributed by atoms with Crippen molar-refractivity contribution in [2.24, 2.45) is 0 Å². The average molecular weight is 439 g/mol. The van der Waals surface area contributed by atoms with Gasteiger partial charge in [0.25, 0.3) is 11.5 Å². The lowest BCUT2D eigenvalue weighted by atomic mass is 9.96. The van der Waals surface area contributed by atoms with Gasteiger partial charge in [0.2, 0.25) is 0 Å². The molecule has 0 saturated carbocycles. The molecule has 0 fully saturated rings. The Bertz CT molecular complexity index is 1160. The van der Waals surface area contributed by atoms with E-state index in [0.717, 1.165) is 30.8 Å². The number of aromatic nitrogens is 5. The lowest BCUT2D eigenvalue weighted by Gasteiger charge is -2.29. The molecule has 7 nitrogen and oxygen atoms in total. The molecule has 0 bridgehead atoms. The number of hydrogen-bond acceptors (Lipinski definition) is 5. The number of anilines is 1. The van der Waals surface area contributed by atoms with Crippen molar-refractivity contribution in [3.8, 4) is 0 Å². The number of halogens is 4. The quantitative estimate of drug-likeness (QED) is 0.675. The third-order valence-corrected chi connectivity index (χ3v) is 5.62. The van der Waals surface area contributed by atoms with E-state index in [0.29, 0.717) is 30.9 Å². The summed E-state index contributed by atoms with van der Waals surface area (Å²) in [6, 6.07) is 2.60. The standard InChI is InChI=1S/C19H18ClF3N6O/c1-10(12-7-11(21)3-4-13(12)19(2,22)23)29-15-5-6-28(9-14(15)25-27-29)16-8-24-26-18(30)17(16)20/h3-4,7-8,10H,5-6,9H2,1-2H3,(H,26,30)/t10-/m0/s1. The highest BCUT2D eigenvalue weighted by molar-refractivity contribution is 6.32. The molecule has 4 rings (SSSR count). The van der Waals surface area contributed by atoms with E-state index in [1.165, 1.54) is 6.20 Å². The molecule has 1 N–H and O–H groups in total. The minimum atomic E-state index is -3.13. The van der Waals surface area contributed by atoms with Crippen LogP contribution in [0.4, 0.5) is 18.9 Å². The van der Waals surface area contributed by atoms with Crippen LogP contribution in [0.5, 0.6) is 0 Å². The van der Waals surface area contributed by atoms with Crippen LogP contribution in [0.25, 0.3) is 0 Å². The first kappa shape index (κ1) is 20.4. The van der Waals surface area contributed by atoms with E-state index in [-0.39, 0.29) is 16.1 Å². The van der Waals surface area contributed by atoms with Crippen molar-refractivity contribution in [1.29, 1.82) is 0 Å². The molecule has 1 aromatic carbocycles. The van der Waals surface area contributed by atoms with Crippen LogP contribution < -0.4 is 10.5 Å². The molecule has 158 valence electrons. The first-order valence-electron chi connectivity index (χ1n) is 9.25. The molecule has 30 heavy (non-hydrogen) atoms. The minimum absolute atomic E-state index is 0.0313. The van der Waals surface area contributed by atoms with Crippen LogP contribution in [0.1, 0.15) is 42.4 Å². The van der Waals surface area contributed by atoms with Gasteiger partial charge in [0.05, 0.1) is 30.2 Å². The third-order valence-electron chi connectivity index (χ3n) is 5.25. The number of alkyl halides is 2. The number of nitrogens with one attached hydrogen (secondary N) is 1. The predicted octanol–water partition coefficient (Wildman–Crippen LogP) is 3.44. The van der Waals surface area contributed by atoms with E-state index in [4.69, 9.17) is 11.6 Å². The van der Waals surface area contributed by atoms with E-state index < -0.39 is 23.3 Å². The Labute approximate surface area is 174 Å².